The molecule has 0 radical (unpaired) electrons. The second-order valence-electron chi connectivity index (χ2n) is 5.36. The molecule has 1 N–H and O–H groups in total. The highest BCUT2D eigenvalue weighted by Crippen LogP contribution is 2.28. The molecule has 0 unspecified atom stereocenters. The predicted molar refractivity (Wildman–Crippen MR) is 89.4 cm³/mol. The standard InChI is InChI=1S/C17H15F2N3O2S/c1-20-10-12-8-16(15-6-3-7-21-17(15)19)22(11-12)25(23,24)14-5-2-4-13(18)9-14/h2-9,11,20H,10H2,1H3. The van der Waals surface area contributed by atoms with Gasteiger partial charge in [-0.05, 0) is 49.0 Å². The van der Waals surface area contributed by atoms with Gasteiger partial charge in [0, 0.05) is 18.9 Å². The minimum Gasteiger partial charge on any atom is -0.316 e. The number of nitrogens with zero attached hydrogens (tertiary/aromatic N) is 2. The summed E-state index contributed by atoms with van der Waals surface area (Å²) in [5, 5.41) is 2.91. The molecular formula is C17H15F2N3O2S. The molecule has 0 aliphatic carbocycles. The van der Waals surface area contributed by atoms with E-state index in [0.717, 1.165) is 16.1 Å². The SMILES string of the molecule is CNCc1cc(-c2cccnc2F)n(S(=O)(=O)c2cccc(F)c2)c1. The Morgan fingerprint density at radius 3 is 2.64 bits per heavy atom. The number of benzene rings is 1. The van der Waals surface area contributed by atoms with Gasteiger partial charge in [-0.3, -0.25) is 0 Å². The number of hydrogen-bond donors (Lipinski definition) is 1. The summed E-state index contributed by atoms with van der Waals surface area (Å²) in [5.74, 6) is -1.45. The van der Waals surface area contributed by atoms with Crippen molar-refractivity contribution >= 4 is 10.0 Å². The maximum absolute atomic E-state index is 14.1. The van der Waals surface area contributed by atoms with Crippen LogP contribution in [0.3, 0.4) is 0 Å². The lowest BCUT2D eigenvalue weighted by Crippen LogP contribution is -2.14. The van der Waals surface area contributed by atoms with E-state index in [1.54, 1.807) is 13.1 Å². The fourth-order valence-corrected chi connectivity index (χ4v) is 3.93. The largest absolute Gasteiger partial charge is 0.316 e. The zero-order valence-electron chi connectivity index (χ0n) is 13.3. The van der Waals surface area contributed by atoms with E-state index in [-0.39, 0.29) is 16.2 Å². The van der Waals surface area contributed by atoms with Crippen LogP contribution in [0.15, 0.2) is 59.8 Å². The Kier molecular flexibility index (Phi) is 4.65. The van der Waals surface area contributed by atoms with Crippen molar-refractivity contribution in [2.24, 2.45) is 0 Å². The summed E-state index contributed by atoms with van der Waals surface area (Å²) >= 11 is 0. The molecule has 5 nitrogen and oxygen atoms in total. The summed E-state index contributed by atoms with van der Waals surface area (Å²) in [5.41, 5.74) is 0.811. The quantitative estimate of drug-likeness (QED) is 0.708. The molecule has 2 heterocycles. The van der Waals surface area contributed by atoms with Crippen LogP contribution in [0, 0.1) is 11.8 Å². The first-order valence-corrected chi connectivity index (χ1v) is 8.85. The lowest BCUT2D eigenvalue weighted by atomic mass is 10.2. The van der Waals surface area contributed by atoms with E-state index in [1.807, 2.05) is 0 Å². The summed E-state index contributed by atoms with van der Waals surface area (Å²) in [7, 11) is -2.39. The van der Waals surface area contributed by atoms with Gasteiger partial charge in [0.25, 0.3) is 10.0 Å². The number of hydrogen-bond acceptors (Lipinski definition) is 4. The first kappa shape index (κ1) is 17.2. The first-order valence-electron chi connectivity index (χ1n) is 7.41. The number of halogens is 2. The normalized spacial score (nSPS) is 11.6. The van der Waals surface area contributed by atoms with Gasteiger partial charge in [0.2, 0.25) is 5.95 Å². The van der Waals surface area contributed by atoms with Crippen LogP contribution in [-0.2, 0) is 16.6 Å². The number of aromatic nitrogens is 2. The molecule has 2 aromatic heterocycles. The molecule has 8 heteroatoms. The highest BCUT2D eigenvalue weighted by molar-refractivity contribution is 7.90. The molecular weight excluding hydrogens is 348 g/mol. The monoisotopic (exact) mass is 363 g/mol. The van der Waals surface area contributed by atoms with Gasteiger partial charge in [-0.15, -0.1) is 0 Å². The molecule has 1 aromatic carbocycles. The average molecular weight is 363 g/mol. The lowest BCUT2D eigenvalue weighted by molar-refractivity contribution is 0.580. The lowest BCUT2D eigenvalue weighted by Gasteiger charge is -2.11. The maximum atomic E-state index is 14.1. The van der Waals surface area contributed by atoms with Crippen LogP contribution in [0.1, 0.15) is 5.56 Å². The summed E-state index contributed by atoms with van der Waals surface area (Å²) < 4.78 is 54.4. The van der Waals surface area contributed by atoms with Gasteiger partial charge >= 0.3 is 0 Å². The van der Waals surface area contributed by atoms with Crippen molar-refractivity contribution in [3.63, 3.8) is 0 Å². The number of pyridine rings is 1. The van der Waals surface area contributed by atoms with Gasteiger partial charge in [-0.25, -0.2) is 21.8 Å². The van der Waals surface area contributed by atoms with E-state index in [0.29, 0.717) is 12.1 Å². The molecule has 0 bridgehead atoms. The van der Waals surface area contributed by atoms with Crippen LogP contribution >= 0.6 is 0 Å². The molecule has 0 aliphatic heterocycles. The Hall–Kier alpha value is -2.58. The summed E-state index contributed by atoms with van der Waals surface area (Å²) in [6.45, 7) is 0.389. The van der Waals surface area contributed by atoms with E-state index >= 15 is 0 Å². The fourth-order valence-electron chi connectivity index (χ4n) is 2.51. The van der Waals surface area contributed by atoms with E-state index < -0.39 is 21.8 Å². The topological polar surface area (TPSA) is 64.0 Å². The Morgan fingerprint density at radius 2 is 1.96 bits per heavy atom. The molecule has 0 aliphatic rings. The van der Waals surface area contributed by atoms with Gasteiger partial charge in [0.15, 0.2) is 0 Å². The van der Waals surface area contributed by atoms with E-state index in [2.05, 4.69) is 10.3 Å². The summed E-state index contributed by atoms with van der Waals surface area (Å²) in [4.78, 5) is 3.35. The Labute approximate surface area is 144 Å². The Balaban J connectivity index is 2.23. The van der Waals surface area contributed by atoms with Crippen molar-refractivity contribution in [3.8, 4) is 11.3 Å². The van der Waals surface area contributed by atoms with Crippen molar-refractivity contribution in [1.29, 1.82) is 0 Å². The maximum Gasteiger partial charge on any atom is 0.268 e. The van der Waals surface area contributed by atoms with Crippen molar-refractivity contribution in [3.05, 3.63) is 72.2 Å². The molecule has 0 atom stereocenters. The van der Waals surface area contributed by atoms with E-state index in [4.69, 9.17) is 0 Å². The highest BCUT2D eigenvalue weighted by Gasteiger charge is 2.23. The molecule has 3 rings (SSSR count). The third-order valence-corrected chi connectivity index (χ3v) is 5.28. The molecule has 130 valence electrons. The van der Waals surface area contributed by atoms with Gasteiger partial charge in [0.1, 0.15) is 5.82 Å². The smallest absolute Gasteiger partial charge is 0.268 e. The second-order valence-corrected chi connectivity index (χ2v) is 7.18. The van der Waals surface area contributed by atoms with Crippen molar-refractivity contribution in [2.45, 2.75) is 11.4 Å². The van der Waals surface area contributed by atoms with Gasteiger partial charge in [-0.2, -0.15) is 4.39 Å². The molecule has 0 saturated carbocycles. The summed E-state index contributed by atoms with van der Waals surface area (Å²) in [6.07, 6.45) is 2.67. The molecule has 25 heavy (non-hydrogen) atoms. The molecule has 0 amide bonds. The third-order valence-electron chi connectivity index (χ3n) is 3.61. The zero-order chi connectivity index (χ0) is 18.0. The molecule has 3 aromatic rings. The van der Waals surface area contributed by atoms with Gasteiger partial charge < -0.3 is 5.32 Å². The van der Waals surface area contributed by atoms with Crippen LogP contribution in [-0.4, -0.2) is 24.4 Å². The van der Waals surface area contributed by atoms with Crippen LogP contribution < -0.4 is 5.32 Å². The third kappa shape index (κ3) is 3.31. The van der Waals surface area contributed by atoms with Crippen LogP contribution in [0.5, 0.6) is 0 Å². The highest BCUT2D eigenvalue weighted by atomic mass is 32.2. The molecule has 0 saturated heterocycles. The summed E-state index contributed by atoms with van der Waals surface area (Å²) in [6, 6.07) is 9.21. The van der Waals surface area contributed by atoms with Gasteiger partial charge in [0.05, 0.1) is 16.2 Å². The fraction of sp³-hybridized carbons (Fsp3) is 0.118. The van der Waals surface area contributed by atoms with Crippen molar-refractivity contribution in [2.75, 3.05) is 7.05 Å². The Morgan fingerprint density at radius 1 is 1.16 bits per heavy atom. The minimum absolute atomic E-state index is 0.0461. The number of rotatable bonds is 5. The zero-order valence-corrected chi connectivity index (χ0v) is 14.1. The molecule has 0 spiro atoms. The number of nitrogens with one attached hydrogen (secondary N) is 1. The van der Waals surface area contributed by atoms with Gasteiger partial charge in [-0.1, -0.05) is 6.07 Å². The van der Waals surface area contributed by atoms with Crippen LogP contribution in [0.25, 0.3) is 11.3 Å². The Bertz CT molecular complexity index is 1020. The van der Waals surface area contributed by atoms with E-state index in [9.17, 15) is 17.2 Å². The second kappa shape index (κ2) is 6.73. The molecule has 0 fully saturated rings. The average Bonchev–Trinajstić information content (AvgIpc) is 3.00. The predicted octanol–water partition coefficient (Wildman–Crippen LogP) is 2.78. The first-order chi connectivity index (χ1) is 11.9. The van der Waals surface area contributed by atoms with E-state index in [1.165, 1.54) is 36.7 Å². The van der Waals surface area contributed by atoms with Crippen LogP contribution in [0.4, 0.5) is 8.78 Å². The van der Waals surface area contributed by atoms with Crippen molar-refractivity contribution in [1.82, 2.24) is 14.3 Å². The van der Waals surface area contributed by atoms with Crippen molar-refractivity contribution < 1.29 is 17.2 Å². The van der Waals surface area contributed by atoms with Crippen LogP contribution in [0.2, 0.25) is 0 Å². The minimum atomic E-state index is -4.10.